The van der Waals surface area contributed by atoms with E-state index in [1.165, 1.54) is 31.8 Å². The van der Waals surface area contributed by atoms with Gasteiger partial charge in [-0.2, -0.15) is 0 Å². The number of rotatable bonds is 11. The lowest BCUT2D eigenvalue weighted by molar-refractivity contribution is -0.137. The molecule has 0 atom stereocenters. The van der Waals surface area contributed by atoms with Gasteiger partial charge in [0.05, 0.1) is 6.61 Å². The Morgan fingerprint density at radius 2 is 1.83 bits per heavy atom. The van der Waals surface area contributed by atoms with Crippen LogP contribution in [0.3, 0.4) is 0 Å². The van der Waals surface area contributed by atoms with Gasteiger partial charge in [0.25, 0.3) is 0 Å². The maximum Gasteiger partial charge on any atom is 0.330 e. The van der Waals surface area contributed by atoms with Crippen molar-refractivity contribution < 1.29 is 14.0 Å². The number of carbonyl (C=O) groups excluding carboxylic acids is 1. The van der Waals surface area contributed by atoms with E-state index in [4.69, 9.17) is 9.16 Å². The molecule has 3 nitrogen and oxygen atoms in total. The van der Waals surface area contributed by atoms with Crippen LogP contribution in [0.1, 0.15) is 59.3 Å². The zero-order chi connectivity index (χ0) is 13.6. The number of unbranched alkanes of at least 4 members (excludes halogenated alkanes) is 5. The first-order chi connectivity index (χ1) is 8.66. The highest BCUT2D eigenvalue weighted by Gasteiger charge is 1.97. The molecule has 0 aliphatic carbocycles. The van der Waals surface area contributed by atoms with Gasteiger partial charge in [0.15, 0.2) is 9.76 Å². The maximum atomic E-state index is 11.3. The third-order valence-electron chi connectivity index (χ3n) is 2.52. The van der Waals surface area contributed by atoms with Crippen molar-refractivity contribution in [3.8, 4) is 0 Å². The lowest BCUT2D eigenvalue weighted by Gasteiger charge is -2.03. The molecule has 0 aliphatic rings. The van der Waals surface area contributed by atoms with Crippen LogP contribution in [0.4, 0.5) is 0 Å². The van der Waals surface area contributed by atoms with E-state index >= 15 is 0 Å². The minimum Gasteiger partial charge on any atom is -0.463 e. The predicted octanol–water partition coefficient (Wildman–Crippen LogP) is 2.91. The van der Waals surface area contributed by atoms with Gasteiger partial charge in [0.1, 0.15) is 0 Å². The largest absolute Gasteiger partial charge is 0.463 e. The molecule has 0 heterocycles. The molecule has 0 saturated carbocycles. The van der Waals surface area contributed by atoms with Crippen molar-refractivity contribution in [2.45, 2.75) is 65.4 Å². The molecule has 18 heavy (non-hydrogen) atoms. The molecule has 0 aromatic rings. The monoisotopic (exact) mass is 272 g/mol. The Hall–Kier alpha value is -0.613. The standard InChI is InChI=1S/C14H28O3Si/c1-4-5-6-7-8-9-11-16-14(15)10-12-18-17-13(2)3/h10,12-13H,4-9,11,18H2,1-3H3. The average molecular weight is 272 g/mol. The zero-order valence-corrected chi connectivity index (χ0v) is 13.5. The molecule has 0 spiro atoms. The SMILES string of the molecule is CCCCCCCCOC(=O)C=C[SiH2]OC(C)C. The van der Waals surface area contributed by atoms with Crippen LogP contribution >= 0.6 is 0 Å². The van der Waals surface area contributed by atoms with E-state index in [9.17, 15) is 4.79 Å². The van der Waals surface area contributed by atoms with Crippen LogP contribution in [-0.4, -0.2) is 28.4 Å². The molecular formula is C14H28O3Si. The number of hydrogen-bond acceptors (Lipinski definition) is 3. The summed E-state index contributed by atoms with van der Waals surface area (Å²) in [7, 11) is -0.703. The molecule has 106 valence electrons. The molecule has 0 aliphatic heterocycles. The molecule has 0 aromatic heterocycles. The fourth-order valence-corrected chi connectivity index (χ4v) is 2.28. The Kier molecular flexibility index (Phi) is 12.4. The molecule has 0 bridgehead atoms. The summed E-state index contributed by atoms with van der Waals surface area (Å²) in [6.07, 6.45) is 9.00. The van der Waals surface area contributed by atoms with Crippen molar-refractivity contribution in [2.75, 3.05) is 6.61 Å². The lowest BCUT2D eigenvalue weighted by atomic mass is 10.1. The van der Waals surface area contributed by atoms with E-state index in [1.54, 1.807) is 0 Å². The third kappa shape index (κ3) is 13.5. The molecule has 0 fully saturated rings. The molecule has 0 N–H and O–H groups in total. The smallest absolute Gasteiger partial charge is 0.330 e. The van der Waals surface area contributed by atoms with Crippen molar-refractivity contribution >= 4 is 15.7 Å². The number of carbonyl (C=O) groups is 1. The van der Waals surface area contributed by atoms with Gasteiger partial charge in [-0.1, -0.05) is 44.7 Å². The Morgan fingerprint density at radius 3 is 2.50 bits per heavy atom. The molecule has 0 aromatic carbocycles. The van der Waals surface area contributed by atoms with Crippen molar-refractivity contribution in [1.82, 2.24) is 0 Å². The Labute approximate surface area is 114 Å². The highest BCUT2D eigenvalue weighted by atomic mass is 28.2. The van der Waals surface area contributed by atoms with Crippen LogP contribution in [0.25, 0.3) is 0 Å². The van der Waals surface area contributed by atoms with Crippen LogP contribution in [0, 0.1) is 0 Å². The summed E-state index contributed by atoms with van der Waals surface area (Å²) in [6, 6.07) is 0. The number of ether oxygens (including phenoxy) is 1. The fraction of sp³-hybridized carbons (Fsp3) is 0.786. The quantitative estimate of drug-likeness (QED) is 0.251. The predicted molar refractivity (Wildman–Crippen MR) is 78.2 cm³/mol. The van der Waals surface area contributed by atoms with E-state index in [2.05, 4.69) is 6.92 Å². The second-order valence-corrected chi connectivity index (χ2v) is 5.86. The number of hydrogen-bond donors (Lipinski definition) is 0. The Balaban J connectivity index is 3.31. The third-order valence-corrected chi connectivity index (χ3v) is 3.81. The molecule has 0 amide bonds. The molecule has 4 heteroatoms. The summed E-state index contributed by atoms with van der Waals surface area (Å²) in [5.74, 6) is -0.233. The first-order valence-corrected chi connectivity index (χ1v) is 8.51. The topological polar surface area (TPSA) is 35.5 Å². The minimum atomic E-state index is -0.703. The van der Waals surface area contributed by atoms with Crippen LogP contribution in [-0.2, 0) is 14.0 Å². The molecule has 0 radical (unpaired) electrons. The van der Waals surface area contributed by atoms with Crippen molar-refractivity contribution in [3.63, 3.8) is 0 Å². The van der Waals surface area contributed by atoms with Gasteiger partial charge in [-0.05, 0) is 20.3 Å². The first-order valence-electron chi connectivity index (χ1n) is 7.11. The van der Waals surface area contributed by atoms with E-state index in [1.807, 2.05) is 19.5 Å². The van der Waals surface area contributed by atoms with E-state index in [0.29, 0.717) is 6.61 Å². The summed E-state index contributed by atoms with van der Waals surface area (Å²) >= 11 is 0. The van der Waals surface area contributed by atoms with Crippen molar-refractivity contribution in [3.05, 3.63) is 11.8 Å². The summed E-state index contributed by atoms with van der Waals surface area (Å²) < 4.78 is 10.5. The highest BCUT2D eigenvalue weighted by molar-refractivity contribution is 6.35. The van der Waals surface area contributed by atoms with Crippen LogP contribution in [0.5, 0.6) is 0 Å². The summed E-state index contributed by atoms with van der Waals surface area (Å²) in [4.78, 5) is 11.3. The van der Waals surface area contributed by atoms with Gasteiger partial charge >= 0.3 is 5.97 Å². The molecule has 0 rings (SSSR count). The summed E-state index contributed by atoms with van der Waals surface area (Å²) in [5.41, 5.74) is 1.84. The van der Waals surface area contributed by atoms with Crippen LogP contribution < -0.4 is 0 Å². The maximum absolute atomic E-state index is 11.3. The molecule has 0 unspecified atom stereocenters. The number of esters is 1. The second kappa shape index (κ2) is 12.8. The average Bonchev–Trinajstić information content (AvgIpc) is 2.33. The fourth-order valence-electron chi connectivity index (χ4n) is 1.50. The normalized spacial score (nSPS) is 12.0. The van der Waals surface area contributed by atoms with Gasteiger partial charge < -0.3 is 9.16 Å². The molecule has 0 saturated heterocycles. The second-order valence-electron chi connectivity index (χ2n) is 4.72. The minimum absolute atomic E-state index is 0.233. The Bertz CT molecular complexity index is 227. The van der Waals surface area contributed by atoms with E-state index < -0.39 is 9.76 Å². The van der Waals surface area contributed by atoms with Crippen LogP contribution in [0.2, 0.25) is 0 Å². The lowest BCUT2D eigenvalue weighted by Crippen LogP contribution is -2.07. The van der Waals surface area contributed by atoms with Gasteiger partial charge in [-0.3, -0.25) is 0 Å². The van der Waals surface area contributed by atoms with Gasteiger partial charge in [-0.15, -0.1) is 0 Å². The van der Waals surface area contributed by atoms with Gasteiger partial charge in [-0.25, -0.2) is 4.79 Å². The molecular weight excluding hydrogens is 244 g/mol. The van der Waals surface area contributed by atoms with Crippen LogP contribution in [0.15, 0.2) is 11.8 Å². The summed E-state index contributed by atoms with van der Waals surface area (Å²) in [6.45, 7) is 6.75. The first kappa shape index (κ1) is 17.4. The van der Waals surface area contributed by atoms with Gasteiger partial charge in [0.2, 0.25) is 0 Å². The van der Waals surface area contributed by atoms with E-state index in [-0.39, 0.29) is 12.1 Å². The van der Waals surface area contributed by atoms with Crippen molar-refractivity contribution in [1.29, 1.82) is 0 Å². The van der Waals surface area contributed by atoms with Crippen molar-refractivity contribution in [2.24, 2.45) is 0 Å². The Morgan fingerprint density at radius 1 is 1.17 bits per heavy atom. The van der Waals surface area contributed by atoms with E-state index in [0.717, 1.165) is 12.8 Å². The zero-order valence-electron chi connectivity index (χ0n) is 12.1. The highest BCUT2D eigenvalue weighted by Crippen LogP contribution is 2.04. The summed E-state index contributed by atoms with van der Waals surface area (Å²) in [5, 5.41) is 0. The van der Waals surface area contributed by atoms with Gasteiger partial charge in [0, 0.05) is 12.2 Å².